The van der Waals surface area contributed by atoms with Gasteiger partial charge in [-0.05, 0) is 58.7 Å². The number of benzene rings is 3. The third kappa shape index (κ3) is 5.86. The van der Waals surface area contributed by atoms with E-state index in [0.29, 0.717) is 16.9 Å². The fraction of sp³-hybridized carbons (Fsp3) is 0.167. The Hall–Kier alpha value is -3.32. The Kier molecular flexibility index (Phi) is 7.31. The molecule has 0 bridgehead atoms. The van der Waals surface area contributed by atoms with E-state index in [1.54, 1.807) is 18.2 Å². The molecule has 6 nitrogen and oxygen atoms in total. The Balaban J connectivity index is 1.78. The number of amides is 3. The number of nitrogens with one attached hydrogen (secondary N) is 3. The van der Waals surface area contributed by atoms with E-state index in [4.69, 9.17) is 0 Å². The highest BCUT2D eigenvalue weighted by Gasteiger charge is 2.17. The molecule has 3 aromatic carbocycles. The van der Waals surface area contributed by atoms with Gasteiger partial charge in [0.1, 0.15) is 0 Å². The molecule has 0 radical (unpaired) electrons. The normalized spacial score (nSPS) is 11.4. The van der Waals surface area contributed by atoms with Crippen molar-refractivity contribution in [2.45, 2.75) is 13.0 Å². The van der Waals surface area contributed by atoms with Crippen molar-refractivity contribution in [1.29, 1.82) is 0 Å². The summed E-state index contributed by atoms with van der Waals surface area (Å²) in [5.41, 5.74) is 3.43. The van der Waals surface area contributed by atoms with E-state index in [1.165, 1.54) is 0 Å². The zero-order chi connectivity index (χ0) is 22.4. The van der Waals surface area contributed by atoms with Crippen molar-refractivity contribution in [1.82, 2.24) is 5.32 Å². The maximum atomic E-state index is 13.1. The van der Waals surface area contributed by atoms with Crippen LogP contribution in [0.1, 0.15) is 28.9 Å². The van der Waals surface area contributed by atoms with E-state index in [-0.39, 0.29) is 11.9 Å². The van der Waals surface area contributed by atoms with Gasteiger partial charge in [-0.25, -0.2) is 4.79 Å². The summed E-state index contributed by atoms with van der Waals surface area (Å²) in [6.07, 6.45) is 0. The molecule has 0 heterocycles. The monoisotopic (exact) mass is 480 g/mol. The highest BCUT2D eigenvalue weighted by molar-refractivity contribution is 9.10. The van der Waals surface area contributed by atoms with Gasteiger partial charge >= 0.3 is 6.03 Å². The van der Waals surface area contributed by atoms with E-state index < -0.39 is 6.03 Å². The lowest BCUT2D eigenvalue weighted by Crippen LogP contribution is -2.28. The SMILES string of the molecule is CC(NC(=O)c1cc(NC(=O)Nc2ccccc2Br)ccc1N(C)C)c1ccccc1. The first-order valence-corrected chi connectivity index (χ1v) is 10.6. The first kappa shape index (κ1) is 22.4. The Morgan fingerprint density at radius 1 is 0.903 bits per heavy atom. The second kappa shape index (κ2) is 10.1. The van der Waals surface area contributed by atoms with Gasteiger partial charge in [0, 0.05) is 29.9 Å². The van der Waals surface area contributed by atoms with Gasteiger partial charge in [-0.15, -0.1) is 0 Å². The lowest BCUT2D eigenvalue weighted by Gasteiger charge is -2.20. The van der Waals surface area contributed by atoms with Crippen molar-refractivity contribution in [2.75, 3.05) is 29.6 Å². The quantitative estimate of drug-likeness (QED) is 0.426. The van der Waals surface area contributed by atoms with Crippen molar-refractivity contribution >= 4 is 44.9 Å². The van der Waals surface area contributed by atoms with Crippen molar-refractivity contribution in [3.05, 3.63) is 88.4 Å². The number of urea groups is 1. The fourth-order valence-electron chi connectivity index (χ4n) is 3.13. The second-order valence-corrected chi connectivity index (χ2v) is 8.15. The molecule has 0 saturated heterocycles. The number of anilines is 3. The smallest absolute Gasteiger partial charge is 0.323 e. The average molecular weight is 481 g/mol. The first-order valence-electron chi connectivity index (χ1n) is 9.85. The van der Waals surface area contributed by atoms with Crippen LogP contribution in [0.5, 0.6) is 0 Å². The second-order valence-electron chi connectivity index (χ2n) is 7.29. The number of carbonyl (C=O) groups is 2. The molecule has 0 fully saturated rings. The summed E-state index contributed by atoms with van der Waals surface area (Å²) in [5, 5.41) is 8.62. The molecule has 1 unspecified atom stereocenters. The topological polar surface area (TPSA) is 73.5 Å². The minimum Gasteiger partial charge on any atom is -0.377 e. The lowest BCUT2D eigenvalue weighted by atomic mass is 10.1. The average Bonchev–Trinajstić information content (AvgIpc) is 2.75. The Morgan fingerprint density at radius 3 is 2.26 bits per heavy atom. The van der Waals surface area contributed by atoms with Crippen LogP contribution >= 0.6 is 15.9 Å². The van der Waals surface area contributed by atoms with E-state index >= 15 is 0 Å². The van der Waals surface area contributed by atoms with Gasteiger partial charge < -0.3 is 20.9 Å². The molecule has 0 aromatic heterocycles. The van der Waals surface area contributed by atoms with Crippen LogP contribution in [0.15, 0.2) is 77.3 Å². The predicted molar refractivity (Wildman–Crippen MR) is 130 cm³/mol. The number of hydrogen-bond acceptors (Lipinski definition) is 3. The minimum absolute atomic E-state index is 0.154. The summed E-state index contributed by atoms with van der Waals surface area (Å²) in [5.74, 6) is -0.213. The van der Waals surface area contributed by atoms with Gasteiger partial charge in [-0.2, -0.15) is 0 Å². The van der Waals surface area contributed by atoms with Crippen LogP contribution in [0.25, 0.3) is 0 Å². The van der Waals surface area contributed by atoms with Crippen LogP contribution in [0, 0.1) is 0 Å². The molecular weight excluding hydrogens is 456 g/mol. The molecule has 0 spiro atoms. The molecule has 3 rings (SSSR count). The summed E-state index contributed by atoms with van der Waals surface area (Å²) >= 11 is 3.41. The standard InChI is InChI=1S/C24H25BrN4O2/c1-16(17-9-5-4-6-10-17)26-23(30)19-15-18(13-14-22(19)29(2)3)27-24(31)28-21-12-8-7-11-20(21)25/h4-16H,1-3H3,(H,26,30)(H2,27,28,31). The van der Waals surface area contributed by atoms with Crippen molar-refractivity contribution in [3.8, 4) is 0 Å². The number of hydrogen-bond donors (Lipinski definition) is 3. The molecule has 0 aliphatic heterocycles. The molecule has 3 aromatic rings. The summed E-state index contributed by atoms with van der Waals surface area (Å²) in [6, 6.07) is 21.8. The van der Waals surface area contributed by atoms with E-state index in [1.807, 2.05) is 80.5 Å². The van der Waals surface area contributed by atoms with E-state index in [0.717, 1.165) is 15.7 Å². The summed E-state index contributed by atoms with van der Waals surface area (Å²) < 4.78 is 0.781. The Labute approximate surface area is 190 Å². The zero-order valence-corrected chi connectivity index (χ0v) is 19.2. The van der Waals surface area contributed by atoms with Crippen LogP contribution in [0.4, 0.5) is 21.9 Å². The summed E-state index contributed by atoms with van der Waals surface area (Å²) in [6.45, 7) is 1.94. The van der Waals surface area contributed by atoms with Crippen LogP contribution < -0.4 is 20.9 Å². The van der Waals surface area contributed by atoms with Crippen LogP contribution in [-0.2, 0) is 0 Å². The third-order valence-electron chi connectivity index (χ3n) is 4.75. The van der Waals surface area contributed by atoms with Gasteiger partial charge in [0.15, 0.2) is 0 Å². The predicted octanol–water partition coefficient (Wildman–Crippen LogP) is 5.65. The maximum Gasteiger partial charge on any atom is 0.323 e. The lowest BCUT2D eigenvalue weighted by molar-refractivity contribution is 0.0940. The maximum absolute atomic E-state index is 13.1. The minimum atomic E-state index is -0.395. The number of carbonyl (C=O) groups excluding carboxylic acids is 2. The number of halogens is 1. The van der Waals surface area contributed by atoms with Gasteiger partial charge in [-0.1, -0.05) is 42.5 Å². The van der Waals surface area contributed by atoms with Gasteiger partial charge in [0.2, 0.25) is 0 Å². The molecule has 3 amide bonds. The van der Waals surface area contributed by atoms with Crippen molar-refractivity contribution < 1.29 is 9.59 Å². The fourth-order valence-corrected chi connectivity index (χ4v) is 3.52. The summed E-state index contributed by atoms with van der Waals surface area (Å²) in [4.78, 5) is 27.4. The first-order chi connectivity index (χ1) is 14.8. The summed E-state index contributed by atoms with van der Waals surface area (Å²) in [7, 11) is 3.75. The van der Waals surface area contributed by atoms with Gasteiger partial charge in [-0.3, -0.25) is 4.79 Å². The van der Waals surface area contributed by atoms with Crippen LogP contribution in [0.2, 0.25) is 0 Å². The van der Waals surface area contributed by atoms with E-state index in [9.17, 15) is 9.59 Å². The van der Waals surface area contributed by atoms with Crippen molar-refractivity contribution in [3.63, 3.8) is 0 Å². The van der Waals surface area contributed by atoms with Gasteiger partial charge in [0.25, 0.3) is 5.91 Å². The largest absolute Gasteiger partial charge is 0.377 e. The number of nitrogens with zero attached hydrogens (tertiary/aromatic N) is 1. The molecule has 7 heteroatoms. The number of rotatable bonds is 6. The highest BCUT2D eigenvalue weighted by atomic mass is 79.9. The molecule has 3 N–H and O–H groups in total. The third-order valence-corrected chi connectivity index (χ3v) is 5.44. The molecule has 1 atom stereocenters. The molecule has 31 heavy (non-hydrogen) atoms. The Morgan fingerprint density at radius 2 is 1.58 bits per heavy atom. The van der Waals surface area contributed by atoms with Crippen LogP contribution in [-0.4, -0.2) is 26.0 Å². The molecule has 0 aliphatic carbocycles. The molecule has 0 aliphatic rings. The molecule has 0 saturated carbocycles. The van der Waals surface area contributed by atoms with Crippen LogP contribution in [0.3, 0.4) is 0 Å². The molecule has 160 valence electrons. The van der Waals surface area contributed by atoms with E-state index in [2.05, 4.69) is 31.9 Å². The van der Waals surface area contributed by atoms with Crippen molar-refractivity contribution in [2.24, 2.45) is 0 Å². The Bertz CT molecular complexity index is 1070. The van der Waals surface area contributed by atoms with Gasteiger partial charge in [0.05, 0.1) is 17.3 Å². The zero-order valence-electron chi connectivity index (χ0n) is 17.6. The highest BCUT2D eigenvalue weighted by Crippen LogP contribution is 2.25. The number of para-hydroxylation sites is 1. The molecular formula is C24H25BrN4O2.